The molecule has 0 aromatic carbocycles. The van der Waals surface area contributed by atoms with Crippen LogP contribution in [-0.2, 0) is 9.47 Å². The zero-order valence-corrected chi connectivity index (χ0v) is 8.71. The van der Waals surface area contributed by atoms with Gasteiger partial charge in [-0.25, -0.2) is 0 Å². The van der Waals surface area contributed by atoms with Gasteiger partial charge in [-0.3, -0.25) is 0 Å². The highest BCUT2D eigenvalue weighted by Crippen LogP contribution is 1.81. The van der Waals surface area contributed by atoms with Gasteiger partial charge in [0.25, 0.3) is 0 Å². The Kier molecular flexibility index (Phi) is 11.3. The van der Waals surface area contributed by atoms with Crippen LogP contribution in [0, 0.1) is 0 Å². The molecule has 3 heteroatoms. The predicted octanol–water partition coefficient (Wildman–Crippen LogP) is 1.21. The molecule has 0 saturated carbocycles. The Hall–Kier alpha value is -0.380. The van der Waals surface area contributed by atoms with E-state index in [2.05, 4.69) is 11.4 Å². The molecule has 0 aliphatic rings. The van der Waals surface area contributed by atoms with E-state index in [9.17, 15) is 0 Å². The summed E-state index contributed by atoms with van der Waals surface area (Å²) in [6.45, 7) is 6.19. The minimum absolute atomic E-state index is 0.687. The first-order valence-corrected chi connectivity index (χ1v) is 4.80. The van der Waals surface area contributed by atoms with Crippen molar-refractivity contribution in [3.05, 3.63) is 12.2 Å². The summed E-state index contributed by atoms with van der Waals surface area (Å²) >= 11 is 0. The van der Waals surface area contributed by atoms with Crippen molar-refractivity contribution in [2.75, 3.05) is 40.0 Å². The number of methoxy groups -OCH3 is 1. The van der Waals surface area contributed by atoms with Crippen molar-refractivity contribution in [1.82, 2.24) is 5.32 Å². The highest BCUT2D eigenvalue weighted by atomic mass is 16.5. The fraction of sp³-hybridized carbons (Fsp3) is 0.800. The van der Waals surface area contributed by atoms with Crippen LogP contribution in [0.3, 0.4) is 0 Å². The van der Waals surface area contributed by atoms with Gasteiger partial charge in [0.05, 0.1) is 13.2 Å². The topological polar surface area (TPSA) is 30.5 Å². The van der Waals surface area contributed by atoms with Gasteiger partial charge in [-0.2, -0.15) is 0 Å². The number of hydrogen-bond acceptors (Lipinski definition) is 3. The van der Waals surface area contributed by atoms with Crippen LogP contribution in [0.4, 0.5) is 0 Å². The average molecular weight is 187 g/mol. The fourth-order valence-corrected chi connectivity index (χ4v) is 0.847. The standard InChI is InChI=1S/C10H21NO2/c1-3-4-6-11-7-5-8-13-10-9-12-2/h3-4,11H,5-10H2,1-2H3/b4-3+. The summed E-state index contributed by atoms with van der Waals surface area (Å²) in [6, 6.07) is 0. The number of rotatable bonds is 9. The summed E-state index contributed by atoms with van der Waals surface area (Å²) in [4.78, 5) is 0. The predicted molar refractivity (Wildman–Crippen MR) is 55.0 cm³/mol. The van der Waals surface area contributed by atoms with Gasteiger partial charge in [-0.05, 0) is 19.9 Å². The molecule has 0 aromatic rings. The molecule has 0 aliphatic heterocycles. The van der Waals surface area contributed by atoms with Crippen molar-refractivity contribution in [3.8, 4) is 0 Å². The maximum atomic E-state index is 5.30. The van der Waals surface area contributed by atoms with E-state index < -0.39 is 0 Å². The molecule has 78 valence electrons. The van der Waals surface area contributed by atoms with Gasteiger partial charge in [-0.15, -0.1) is 0 Å². The summed E-state index contributed by atoms with van der Waals surface area (Å²) in [7, 11) is 1.68. The Bertz CT molecular complexity index is 115. The Morgan fingerprint density at radius 1 is 1.23 bits per heavy atom. The molecule has 13 heavy (non-hydrogen) atoms. The van der Waals surface area contributed by atoms with Gasteiger partial charge in [-0.1, -0.05) is 12.2 Å². The third-order valence-corrected chi connectivity index (χ3v) is 1.57. The van der Waals surface area contributed by atoms with Crippen LogP contribution in [-0.4, -0.2) is 40.0 Å². The molecule has 0 aromatic heterocycles. The summed E-state index contributed by atoms with van der Waals surface area (Å²) in [5.41, 5.74) is 0. The van der Waals surface area contributed by atoms with Crippen molar-refractivity contribution < 1.29 is 9.47 Å². The number of nitrogens with one attached hydrogen (secondary N) is 1. The van der Waals surface area contributed by atoms with Gasteiger partial charge in [0.1, 0.15) is 0 Å². The molecule has 0 radical (unpaired) electrons. The first-order valence-electron chi connectivity index (χ1n) is 4.80. The molecule has 0 rings (SSSR count). The summed E-state index contributed by atoms with van der Waals surface area (Å²) < 4.78 is 10.1. The van der Waals surface area contributed by atoms with Crippen LogP contribution >= 0.6 is 0 Å². The van der Waals surface area contributed by atoms with Crippen molar-refractivity contribution >= 4 is 0 Å². The Labute approximate surface area is 81.1 Å². The van der Waals surface area contributed by atoms with Crippen LogP contribution in [0.2, 0.25) is 0 Å². The van der Waals surface area contributed by atoms with Gasteiger partial charge >= 0.3 is 0 Å². The molecule has 0 bridgehead atoms. The minimum Gasteiger partial charge on any atom is -0.382 e. The summed E-state index contributed by atoms with van der Waals surface area (Å²) in [6.07, 6.45) is 5.20. The van der Waals surface area contributed by atoms with E-state index in [1.165, 1.54) is 0 Å². The second kappa shape index (κ2) is 11.6. The van der Waals surface area contributed by atoms with E-state index in [1.54, 1.807) is 7.11 Å². The lowest BCUT2D eigenvalue weighted by Crippen LogP contribution is -2.17. The van der Waals surface area contributed by atoms with Crippen molar-refractivity contribution in [2.45, 2.75) is 13.3 Å². The SMILES string of the molecule is C/C=C/CNCCCOCCOC. The third-order valence-electron chi connectivity index (χ3n) is 1.57. The Morgan fingerprint density at radius 3 is 2.77 bits per heavy atom. The van der Waals surface area contributed by atoms with E-state index in [0.717, 1.165) is 26.1 Å². The normalized spacial score (nSPS) is 11.2. The molecule has 0 fully saturated rings. The molecule has 0 aliphatic carbocycles. The molecule has 0 amide bonds. The highest BCUT2D eigenvalue weighted by molar-refractivity contribution is 4.78. The highest BCUT2D eigenvalue weighted by Gasteiger charge is 1.87. The molecule has 0 saturated heterocycles. The summed E-state index contributed by atoms with van der Waals surface area (Å²) in [5, 5.41) is 3.28. The summed E-state index contributed by atoms with van der Waals surface area (Å²) in [5.74, 6) is 0. The van der Waals surface area contributed by atoms with Crippen LogP contribution in [0.15, 0.2) is 12.2 Å². The fourth-order valence-electron chi connectivity index (χ4n) is 0.847. The Morgan fingerprint density at radius 2 is 2.08 bits per heavy atom. The smallest absolute Gasteiger partial charge is 0.0700 e. The number of allylic oxidation sites excluding steroid dienone is 1. The molecular weight excluding hydrogens is 166 g/mol. The van der Waals surface area contributed by atoms with Gasteiger partial charge in [0, 0.05) is 20.3 Å². The van der Waals surface area contributed by atoms with E-state index in [-0.39, 0.29) is 0 Å². The van der Waals surface area contributed by atoms with Crippen LogP contribution < -0.4 is 5.32 Å². The monoisotopic (exact) mass is 187 g/mol. The molecule has 1 N–H and O–H groups in total. The molecule has 0 spiro atoms. The second-order valence-electron chi connectivity index (χ2n) is 2.73. The quantitative estimate of drug-likeness (QED) is 0.434. The molecule has 0 heterocycles. The maximum Gasteiger partial charge on any atom is 0.0700 e. The van der Waals surface area contributed by atoms with E-state index in [1.807, 2.05) is 13.0 Å². The third kappa shape index (κ3) is 11.6. The van der Waals surface area contributed by atoms with Crippen LogP contribution in [0.25, 0.3) is 0 Å². The van der Waals surface area contributed by atoms with E-state index in [4.69, 9.17) is 9.47 Å². The molecule has 3 nitrogen and oxygen atoms in total. The molecular formula is C10H21NO2. The lowest BCUT2D eigenvalue weighted by atomic mass is 10.4. The van der Waals surface area contributed by atoms with E-state index >= 15 is 0 Å². The second-order valence-corrected chi connectivity index (χ2v) is 2.73. The van der Waals surface area contributed by atoms with Gasteiger partial charge in [0.15, 0.2) is 0 Å². The Balaban J connectivity index is 2.83. The van der Waals surface area contributed by atoms with Crippen LogP contribution in [0.5, 0.6) is 0 Å². The van der Waals surface area contributed by atoms with Crippen molar-refractivity contribution in [2.24, 2.45) is 0 Å². The van der Waals surface area contributed by atoms with Crippen LogP contribution in [0.1, 0.15) is 13.3 Å². The average Bonchev–Trinajstić information content (AvgIpc) is 2.16. The first-order chi connectivity index (χ1) is 6.41. The van der Waals surface area contributed by atoms with E-state index in [0.29, 0.717) is 13.2 Å². The number of hydrogen-bond donors (Lipinski definition) is 1. The van der Waals surface area contributed by atoms with Crippen molar-refractivity contribution in [1.29, 1.82) is 0 Å². The molecule has 0 atom stereocenters. The lowest BCUT2D eigenvalue weighted by Gasteiger charge is -2.03. The number of ether oxygens (including phenoxy) is 2. The van der Waals surface area contributed by atoms with Crippen molar-refractivity contribution in [3.63, 3.8) is 0 Å². The minimum atomic E-state index is 0.687. The first kappa shape index (κ1) is 12.6. The largest absolute Gasteiger partial charge is 0.382 e. The molecule has 0 unspecified atom stereocenters. The zero-order valence-electron chi connectivity index (χ0n) is 8.71. The lowest BCUT2D eigenvalue weighted by molar-refractivity contribution is 0.0696. The van der Waals surface area contributed by atoms with Gasteiger partial charge in [0.2, 0.25) is 0 Å². The van der Waals surface area contributed by atoms with Gasteiger partial charge < -0.3 is 14.8 Å². The zero-order chi connectivity index (χ0) is 9.78. The maximum absolute atomic E-state index is 5.30.